The van der Waals surface area contributed by atoms with Gasteiger partial charge in [0.25, 0.3) is 0 Å². The molecule has 5 nitrogen and oxygen atoms in total. The Labute approximate surface area is 153 Å². The first-order valence-corrected chi connectivity index (χ1v) is 8.96. The quantitative estimate of drug-likeness (QED) is 0.859. The maximum absolute atomic E-state index is 11.5. The fraction of sp³-hybridized carbons (Fsp3) is 0.333. The van der Waals surface area contributed by atoms with Crippen LogP contribution in [0.25, 0.3) is 0 Å². The van der Waals surface area contributed by atoms with Gasteiger partial charge in [0.1, 0.15) is 0 Å². The maximum Gasteiger partial charge on any atom is 0.337 e. The Morgan fingerprint density at radius 2 is 1.81 bits per heavy atom. The van der Waals surface area contributed by atoms with E-state index in [4.69, 9.17) is 0 Å². The molecule has 2 aromatic rings. The Bertz CT molecular complexity index is 781. The molecule has 0 radical (unpaired) electrons. The molecule has 26 heavy (non-hydrogen) atoms. The van der Waals surface area contributed by atoms with Crippen LogP contribution in [0.2, 0.25) is 0 Å². The van der Waals surface area contributed by atoms with Crippen LogP contribution in [0.1, 0.15) is 35.7 Å². The van der Waals surface area contributed by atoms with Crippen molar-refractivity contribution in [3.63, 3.8) is 0 Å². The third kappa shape index (κ3) is 4.42. The molecule has 1 aliphatic rings. The zero-order valence-electron chi connectivity index (χ0n) is 14.9. The first kappa shape index (κ1) is 18.0. The highest BCUT2D eigenvalue weighted by molar-refractivity contribution is 6.00. The SMILES string of the molecule is CC(=O)Nc1ccc(N2CCC(Cc3ccccc3)CC2)cc1C(=O)O. The molecule has 136 valence electrons. The molecule has 3 rings (SSSR count). The van der Waals surface area contributed by atoms with Crippen LogP contribution in [0.5, 0.6) is 0 Å². The average Bonchev–Trinajstić information content (AvgIpc) is 2.63. The molecule has 2 aromatic carbocycles. The van der Waals surface area contributed by atoms with Gasteiger partial charge in [-0.15, -0.1) is 0 Å². The highest BCUT2D eigenvalue weighted by atomic mass is 16.4. The van der Waals surface area contributed by atoms with Crippen molar-refractivity contribution in [1.29, 1.82) is 0 Å². The minimum absolute atomic E-state index is 0.129. The Morgan fingerprint density at radius 1 is 1.12 bits per heavy atom. The van der Waals surface area contributed by atoms with Crippen LogP contribution in [0.3, 0.4) is 0 Å². The summed E-state index contributed by atoms with van der Waals surface area (Å²) in [6, 6.07) is 15.8. The molecule has 0 bridgehead atoms. The lowest BCUT2D eigenvalue weighted by atomic mass is 9.90. The first-order valence-electron chi connectivity index (χ1n) is 8.96. The van der Waals surface area contributed by atoms with Crippen molar-refractivity contribution in [2.24, 2.45) is 5.92 Å². The van der Waals surface area contributed by atoms with Crippen LogP contribution < -0.4 is 10.2 Å². The summed E-state index contributed by atoms with van der Waals surface area (Å²) >= 11 is 0. The third-order valence-electron chi connectivity index (χ3n) is 4.89. The predicted octanol–water partition coefficient (Wildman–Crippen LogP) is 3.80. The van der Waals surface area contributed by atoms with Gasteiger partial charge in [0.05, 0.1) is 11.3 Å². The van der Waals surface area contributed by atoms with Crippen LogP contribution in [0.4, 0.5) is 11.4 Å². The van der Waals surface area contributed by atoms with Gasteiger partial charge in [-0.1, -0.05) is 30.3 Å². The van der Waals surface area contributed by atoms with E-state index < -0.39 is 5.97 Å². The lowest BCUT2D eigenvalue weighted by Gasteiger charge is -2.34. The van der Waals surface area contributed by atoms with Crippen LogP contribution in [0, 0.1) is 5.92 Å². The third-order valence-corrected chi connectivity index (χ3v) is 4.89. The van der Waals surface area contributed by atoms with Crippen molar-refractivity contribution in [2.45, 2.75) is 26.2 Å². The number of carbonyl (C=O) groups is 2. The predicted molar refractivity (Wildman–Crippen MR) is 103 cm³/mol. The van der Waals surface area contributed by atoms with E-state index in [1.165, 1.54) is 12.5 Å². The first-order chi connectivity index (χ1) is 12.5. The molecule has 1 saturated heterocycles. The second-order valence-electron chi connectivity index (χ2n) is 6.84. The number of benzene rings is 2. The number of rotatable bonds is 5. The summed E-state index contributed by atoms with van der Waals surface area (Å²) in [5.41, 5.74) is 2.74. The molecule has 1 fully saturated rings. The summed E-state index contributed by atoms with van der Waals surface area (Å²) in [4.78, 5) is 25.0. The monoisotopic (exact) mass is 352 g/mol. The molecule has 0 atom stereocenters. The number of nitrogens with one attached hydrogen (secondary N) is 1. The van der Waals surface area contributed by atoms with E-state index in [1.807, 2.05) is 12.1 Å². The Kier molecular flexibility index (Phi) is 5.56. The van der Waals surface area contributed by atoms with Gasteiger partial charge < -0.3 is 15.3 Å². The molecule has 0 saturated carbocycles. The highest BCUT2D eigenvalue weighted by Crippen LogP contribution is 2.28. The van der Waals surface area contributed by atoms with Crippen LogP contribution >= 0.6 is 0 Å². The van der Waals surface area contributed by atoms with Crippen LogP contribution in [-0.2, 0) is 11.2 Å². The van der Waals surface area contributed by atoms with E-state index >= 15 is 0 Å². The van der Waals surface area contributed by atoms with Gasteiger partial charge in [0.2, 0.25) is 5.91 Å². The minimum Gasteiger partial charge on any atom is -0.478 e. The molecule has 0 aliphatic carbocycles. The molecule has 2 N–H and O–H groups in total. The highest BCUT2D eigenvalue weighted by Gasteiger charge is 2.21. The van der Waals surface area contributed by atoms with Gasteiger partial charge in [-0.2, -0.15) is 0 Å². The van der Waals surface area contributed by atoms with Gasteiger partial charge in [-0.25, -0.2) is 4.79 Å². The van der Waals surface area contributed by atoms with E-state index in [2.05, 4.69) is 34.5 Å². The molecule has 1 aliphatic heterocycles. The summed E-state index contributed by atoms with van der Waals surface area (Å²) in [6.07, 6.45) is 3.27. The topological polar surface area (TPSA) is 69.6 Å². The summed E-state index contributed by atoms with van der Waals surface area (Å²) in [7, 11) is 0. The average molecular weight is 352 g/mol. The second-order valence-corrected chi connectivity index (χ2v) is 6.84. The molecule has 5 heteroatoms. The molecule has 1 heterocycles. The zero-order chi connectivity index (χ0) is 18.5. The summed E-state index contributed by atoms with van der Waals surface area (Å²) in [5, 5.41) is 12.0. The Morgan fingerprint density at radius 3 is 2.42 bits per heavy atom. The van der Waals surface area contributed by atoms with Gasteiger partial charge in [0.15, 0.2) is 0 Å². The zero-order valence-corrected chi connectivity index (χ0v) is 14.9. The Hall–Kier alpha value is -2.82. The van der Waals surface area contributed by atoms with Gasteiger partial charge in [0, 0.05) is 25.7 Å². The number of hydrogen-bond acceptors (Lipinski definition) is 3. The van der Waals surface area contributed by atoms with Crippen molar-refractivity contribution >= 4 is 23.3 Å². The van der Waals surface area contributed by atoms with E-state index in [0.717, 1.165) is 38.0 Å². The number of anilines is 2. The standard InChI is InChI=1S/C21H24N2O3/c1-15(24)22-20-8-7-18(14-19(20)21(25)26)23-11-9-17(10-12-23)13-16-5-3-2-4-6-16/h2-8,14,17H,9-13H2,1H3,(H,22,24)(H,25,26). The lowest BCUT2D eigenvalue weighted by Crippen LogP contribution is -2.34. The molecule has 0 spiro atoms. The lowest BCUT2D eigenvalue weighted by molar-refractivity contribution is -0.114. The van der Waals surface area contributed by atoms with E-state index in [1.54, 1.807) is 12.1 Å². The molecular formula is C21H24N2O3. The number of amides is 1. The fourth-order valence-electron chi connectivity index (χ4n) is 3.55. The summed E-state index contributed by atoms with van der Waals surface area (Å²) in [5.74, 6) is -0.650. The number of carbonyl (C=O) groups excluding carboxylic acids is 1. The normalized spacial score (nSPS) is 14.9. The van der Waals surface area contributed by atoms with Gasteiger partial charge >= 0.3 is 5.97 Å². The summed E-state index contributed by atoms with van der Waals surface area (Å²) < 4.78 is 0. The number of nitrogens with zero attached hydrogens (tertiary/aromatic N) is 1. The van der Waals surface area contributed by atoms with E-state index in [9.17, 15) is 14.7 Å². The molecule has 0 aromatic heterocycles. The van der Waals surface area contributed by atoms with Crippen LogP contribution in [-0.4, -0.2) is 30.1 Å². The smallest absolute Gasteiger partial charge is 0.337 e. The summed E-state index contributed by atoms with van der Waals surface area (Å²) in [6.45, 7) is 3.20. The second kappa shape index (κ2) is 8.04. The number of piperidine rings is 1. The minimum atomic E-state index is -1.03. The maximum atomic E-state index is 11.5. The van der Waals surface area contributed by atoms with Crippen molar-refractivity contribution in [2.75, 3.05) is 23.3 Å². The van der Waals surface area contributed by atoms with Crippen LogP contribution in [0.15, 0.2) is 48.5 Å². The molecular weight excluding hydrogens is 328 g/mol. The van der Waals surface area contributed by atoms with Gasteiger partial charge in [-0.3, -0.25) is 4.79 Å². The molecule has 1 amide bonds. The molecule has 0 unspecified atom stereocenters. The Balaban J connectivity index is 1.66. The van der Waals surface area contributed by atoms with Crippen molar-refractivity contribution in [3.05, 3.63) is 59.7 Å². The number of carboxylic acids is 1. The number of carboxylic acid groups (broad SMARTS) is 1. The number of aromatic carboxylic acids is 1. The van der Waals surface area contributed by atoms with Crippen molar-refractivity contribution < 1.29 is 14.7 Å². The van der Waals surface area contributed by atoms with Gasteiger partial charge in [-0.05, 0) is 48.9 Å². The van der Waals surface area contributed by atoms with E-state index in [-0.39, 0.29) is 11.5 Å². The van der Waals surface area contributed by atoms with Crippen molar-refractivity contribution in [1.82, 2.24) is 0 Å². The largest absolute Gasteiger partial charge is 0.478 e. The van der Waals surface area contributed by atoms with Crippen molar-refractivity contribution in [3.8, 4) is 0 Å². The number of hydrogen-bond donors (Lipinski definition) is 2. The van der Waals surface area contributed by atoms with E-state index in [0.29, 0.717) is 11.6 Å². The fourth-order valence-corrected chi connectivity index (χ4v) is 3.55.